The van der Waals surface area contributed by atoms with Crippen molar-refractivity contribution in [1.82, 2.24) is 3.53 Å². The Morgan fingerprint density at radius 3 is 2.67 bits per heavy atom. The van der Waals surface area contributed by atoms with Gasteiger partial charge in [-0.25, -0.2) is 0 Å². The number of ether oxygens (including phenoxy) is 1. The van der Waals surface area contributed by atoms with Gasteiger partial charge in [0.1, 0.15) is 6.10 Å². The summed E-state index contributed by atoms with van der Waals surface area (Å²) < 4.78 is 7.72. The van der Waals surface area contributed by atoms with Gasteiger partial charge in [0, 0.05) is 22.9 Å². The van der Waals surface area contributed by atoms with Crippen molar-refractivity contribution in [2.24, 2.45) is 0 Å². The van der Waals surface area contributed by atoms with E-state index in [4.69, 9.17) is 9.84 Å². The molecule has 1 aliphatic heterocycles. The molecule has 4 atom stereocenters. The van der Waals surface area contributed by atoms with E-state index < -0.39 is 18.5 Å². The van der Waals surface area contributed by atoms with Crippen molar-refractivity contribution in [2.75, 3.05) is 6.61 Å². The van der Waals surface area contributed by atoms with E-state index in [9.17, 15) is 10.2 Å². The van der Waals surface area contributed by atoms with Crippen LogP contribution < -0.4 is 3.53 Å². The molecule has 1 rings (SSSR count). The van der Waals surface area contributed by atoms with Crippen molar-refractivity contribution in [3.8, 4) is 0 Å². The number of halogens is 1. The molecule has 0 aliphatic carbocycles. The summed E-state index contributed by atoms with van der Waals surface area (Å²) in [6, 6.07) is -0.275. The lowest BCUT2D eigenvalue weighted by Gasteiger charge is -2.35. The highest BCUT2D eigenvalue weighted by Gasteiger charge is 2.35. The van der Waals surface area contributed by atoms with E-state index >= 15 is 0 Å². The molecule has 72 valence electrons. The number of hydrogen-bond acceptors (Lipinski definition) is 5. The van der Waals surface area contributed by atoms with Crippen molar-refractivity contribution < 1.29 is 20.1 Å². The molecule has 2 unspecified atom stereocenters. The Kier molecular flexibility index (Phi) is 4.14. The molecule has 0 radical (unpaired) electrons. The van der Waals surface area contributed by atoms with E-state index in [1.54, 1.807) is 0 Å². The van der Waals surface area contributed by atoms with Gasteiger partial charge < -0.3 is 20.1 Å². The summed E-state index contributed by atoms with van der Waals surface area (Å²) in [6.45, 7) is -0.272. The molecule has 0 amide bonds. The van der Waals surface area contributed by atoms with Crippen molar-refractivity contribution in [3.05, 3.63) is 0 Å². The third-order valence-electron chi connectivity index (χ3n) is 1.90. The first-order valence-corrected chi connectivity index (χ1v) is 4.75. The second kappa shape index (κ2) is 4.68. The maximum atomic E-state index is 9.35. The SMILES string of the molecule is OC[C@H]1OC(O)C(NI)C[C@@H]1O. The number of rotatable bonds is 2. The number of nitrogens with one attached hydrogen (secondary N) is 1. The van der Waals surface area contributed by atoms with Crippen LogP contribution in [0, 0.1) is 0 Å². The zero-order valence-corrected chi connectivity index (χ0v) is 8.51. The summed E-state index contributed by atoms with van der Waals surface area (Å²) in [6.07, 6.45) is -1.95. The van der Waals surface area contributed by atoms with Gasteiger partial charge in [0.2, 0.25) is 0 Å². The molecule has 0 spiro atoms. The Balaban J connectivity index is 2.49. The minimum Gasteiger partial charge on any atom is -0.394 e. The Morgan fingerprint density at radius 2 is 2.17 bits per heavy atom. The van der Waals surface area contributed by atoms with Crippen molar-refractivity contribution in [2.45, 2.75) is 31.0 Å². The minimum atomic E-state index is -0.956. The van der Waals surface area contributed by atoms with E-state index in [1.807, 2.05) is 22.9 Å². The average Bonchev–Trinajstić information content (AvgIpc) is 2.08. The van der Waals surface area contributed by atoms with Gasteiger partial charge in [-0.1, -0.05) is 0 Å². The predicted molar refractivity (Wildman–Crippen MR) is 49.5 cm³/mol. The smallest absolute Gasteiger partial charge is 0.171 e. The quantitative estimate of drug-likeness (QED) is 0.377. The second-order valence-corrected chi connectivity index (χ2v) is 3.39. The van der Waals surface area contributed by atoms with Crippen LogP contribution in [0.15, 0.2) is 0 Å². The first-order chi connectivity index (χ1) is 5.69. The maximum absolute atomic E-state index is 9.35. The van der Waals surface area contributed by atoms with Gasteiger partial charge in [0.25, 0.3) is 0 Å². The summed E-state index contributed by atoms with van der Waals surface area (Å²) in [4.78, 5) is 0. The average molecular weight is 289 g/mol. The number of aliphatic hydroxyl groups is 3. The van der Waals surface area contributed by atoms with E-state index in [1.165, 1.54) is 0 Å². The molecule has 1 aliphatic rings. The van der Waals surface area contributed by atoms with Crippen LogP contribution in [0.3, 0.4) is 0 Å². The Hall–Kier alpha value is 0.530. The molecule has 12 heavy (non-hydrogen) atoms. The summed E-state index contributed by atoms with van der Waals surface area (Å²) in [5.41, 5.74) is 0. The van der Waals surface area contributed by atoms with Crippen LogP contribution in [-0.2, 0) is 4.74 Å². The molecule has 0 saturated carbocycles. The van der Waals surface area contributed by atoms with Gasteiger partial charge in [-0.05, 0) is 6.42 Å². The predicted octanol–water partition coefficient (Wildman–Crippen LogP) is -1.24. The van der Waals surface area contributed by atoms with Crippen molar-refractivity contribution >= 4 is 22.9 Å². The van der Waals surface area contributed by atoms with Gasteiger partial charge in [-0.2, -0.15) is 0 Å². The zero-order valence-electron chi connectivity index (χ0n) is 6.35. The molecule has 4 N–H and O–H groups in total. The highest BCUT2D eigenvalue weighted by molar-refractivity contribution is 14.1. The van der Waals surface area contributed by atoms with Crippen LogP contribution in [0.25, 0.3) is 0 Å². The molecule has 5 nitrogen and oxygen atoms in total. The molecular formula is C6H12INO4. The molecule has 0 aromatic carbocycles. The fourth-order valence-corrected chi connectivity index (χ4v) is 1.72. The third kappa shape index (κ3) is 2.27. The lowest BCUT2D eigenvalue weighted by molar-refractivity contribution is -0.217. The standard InChI is InChI=1S/C6H12INO4/c7-8-3-1-4(10)5(2-9)12-6(3)11/h3-6,8-11H,1-2H2/t3?,4-,5+,6?/m0/s1. The summed E-state index contributed by atoms with van der Waals surface area (Å²) >= 11 is 1.89. The highest BCUT2D eigenvalue weighted by Crippen LogP contribution is 2.19. The Morgan fingerprint density at radius 1 is 1.50 bits per heavy atom. The molecular weight excluding hydrogens is 277 g/mol. The molecule has 1 fully saturated rings. The fraction of sp³-hybridized carbons (Fsp3) is 1.00. The van der Waals surface area contributed by atoms with Gasteiger partial charge >= 0.3 is 0 Å². The van der Waals surface area contributed by atoms with Gasteiger partial charge in [0.15, 0.2) is 6.29 Å². The molecule has 6 heteroatoms. The van der Waals surface area contributed by atoms with Crippen molar-refractivity contribution in [1.29, 1.82) is 0 Å². The van der Waals surface area contributed by atoms with Crippen LogP contribution in [0.5, 0.6) is 0 Å². The van der Waals surface area contributed by atoms with Gasteiger partial charge in [-0.15, -0.1) is 0 Å². The fourth-order valence-electron chi connectivity index (χ4n) is 1.16. The topological polar surface area (TPSA) is 82.0 Å². The Bertz CT molecular complexity index is 132. The van der Waals surface area contributed by atoms with Crippen LogP contribution >= 0.6 is 22.9 Å². The lowest BCUT2D eigenvalue weighted by Crippen LogP contribution is -2.52. The van der Waals surface area contributed by atoms with Crippen LogP contribution in [0.4, 0.5) is 0 Å². The number of aliphatic hydroxyl groups excluding tert-OH is 3. The Labute approximate surface area is 84.2 Å². The van der Waals surface area contributed by atoms with Gasteiger partial charge in [-0.3, -0.25) is 3.53 Å². The molecule has 1 heterocycles. The molecule has 1 saturated heterocycles. The monoisotopic (exact) mass is 289 g/mol. The largest absolute Gasteiger partial charge is 0.394 e. The highest BCUT2D eigenvalue weighted by atomic mass is 127. The van der Waals surface area contributed by atoms with E-state index in [0.717, 1.165) is 0 Å². The summed E-state index contributed by atoms with van der Waals surface area (Å²) in [7, 11) is 0. The van der Waals surface area contributed by atoms with Crippen LogP contribution in [0.2, 0.25) is 0 Å². The van der Waals surface area contributed by atoms with Crippen LogP contribution in [0.1, 0.15) is 6.42 Å². The van der Waals surface area contributed by atoms with E-state index in [2.05, 4.69) is 3.53 Å². The normalized spacial score (nSPS) is 43.0. The molecule has 0 aromatic rings. The zero-order chi connectivity index (χ0) is 9.14. The lowest BCUT2D eigenvalue weighted by atomic mass is 10.0. The summed E-state index contributed by atoms with van der Waals surface area (Å²) in [5, 5.41) is 27.3. The summed E-state index contributed by atoms with van der Waals surface area (Å²) in [5.74, 6) is 0. The molecule has 0 aromatic heterocycles. The molecule has 0 bridgehead atoms. The van der Waals surface area contributed by atoms with E-state index in [-0.39, 0.29) is 12.6 Å². The van der Waals surface area contributed by atoms with Crippen molar-refractivity contribution in [3.63, 3.8) is 0 Å². The van der Waals surface area contributed by atoms with E-state index in [0.29, 0.717) is 6.42 Å². The number of hydrogen-bond donors (Lipinski definition) is 4. The maximum Gasteiger partial charge on any atom is 0.171 e. The first kappa shape index (κ1) is 10.6. The van der Waals surface area contributed by atoms with Crippen LogP contribution in [-0.4, -0.2) is 46.5 Å². The third-order valence-corrected chi connectivity index (χ3v) is 2.70. The van der Waals surface area contributed by atoms with Gasteiger partial charge in [0.05, 0.1) is 18.8 Å². The minimum absolute atomic E-state index is 0.272. The second-order valence-electron chi connectivity index (χ2n) is 2.77. The first-order valence-electron chi connectivity index (χ1n) is 3.67.